The zero-order valence-corrected chi connectivity index (χ0v) is 13.2. The van der Waals surface area contributed by atoms with E-state index in [0.717, 1.165) is 29.7 Å². The normalized spacial score (nSPS) is 12.3. The van der Waals surface area contributed by atoms with Crippen LogP contribution in [0.1, 0.15) is 13.3 Å². The molecule has 1 aromatic heterocycles. The molecule has 0 N–H and O–H groups in total. The molecular formula is C15H18BrNO3. The van der Waals surface area contributed by atoms with Crippen molar-refractivity contribution in [1.29, 1.82) is 0 Å². The van der Waals surface area contributed by atoms with Gasteiger partial charge in [-0.1, -0.05) is 22.9 Å². The molecule has 1 heterocycles. The van der Waals surface area contributed by atoms with Gasteiger partial charge in [0.1, 0.15) is 10.6 Å². The van der Waals surface area contributed by atoms with E-state index >= 15 is 0 Å². The van der Waals surface area contributed by atoms with Gasteiger partial charge < -0.3 is 14.0 Å². The van der Waals surface area contributed by atoms with Gasteiger partial charge in [0.15, 0.2) is 0 Å². The molecule has 1 unspecified atom stereocenters. The lowest BCUT2D eigenvalue weighted by Gasteiger charge is -2.10. The molecule has 4 nitrogen and oxygen atoms in total. The Bertz CT molecular complexity index is 594. The van der Waals surface area contributed by atoms with Gasteiger partial charge in [0, 0.05) is 23.6 Å². The number of fused-ring (bicyclic) bond motifs is 1. The lowest BCUT2D eigenvalue weighted by molar-refractivity contribution is -0.140. The van der Waals surface area contributed by atoms with Crippen molar-refractivity contribution in [2.75, 3.05) is 13.7 Å². The molecule has 0 aliphatic carbocycles. The van der Waals surface area contributed by atoms with E-state index in [4.69, 9.17) is 9.47 Å². The number of esters is 1. The van der Waals surface area contributed by atoms with Gasteiger partial charge >= 0.3 is 5.97 Å². The van der Waals surface area contributed by atoms with Crippen molar-refractivity contribution in [3.8, 4) is 5.75 Å². The van der Waals surface area contributed by atoms with E-state index in [9.17, 15) is 4.79 Å². The Morgan fingerprint density at radius 3 is 2.90 bits per heavy atom. The second-order valence-corrected chi connectivity index (χ2v) is 5.63. The molecule has 0 radical (unpaired) electrons. The summed E-state index contributed by atoms with van der Waals surface area (Å²) in [6.07, 6.45) is 2.95. The molecule has 0 amide bonds. The van der Waals surface area contributed by atoms with E-state index in [1.807, 2.05) is 35.0 Å². The number of nitrogens with zero attached hydrogens (tertiary/aromatic N) is 1. The SMILES string of the molecule is CCCOc1ccc2c(ccn2CC(Br)C(=O)OC)c1. The van der Waals surface area contributed by atoms with Crippen LogP contribution >= 0.6 is 15.9 Å². The number of halogens is 1. The van der Waals surface area contributed by atoms with Crippen LogP contribution in [0.15, 0.2) is 30.5 Å². The maximum Gasteiger partial charge on any atom is 0.321 e. The number of alkyl halides is 1. The fourth-order valence-electron chi connectivity index (χ4n) is 2.02. The highest BCUT2D eigenvalue weighted by Gasteiger charge is 2.16. The van der Waals surface area contributed by atoms with Crippen molar-refractivity contribution in [2.45, 2.75) is 24.7 Å². The van der Waals surface area contributed by atoms with Gasteiger partial charge in [0.2, 0.25) is 0 Å². The minimum Gasteiger partial charge on any atom is -0.494 e. The summed E-state index contributed by atoms with van der Waals surface area (Å²) < 4.78 is 12.4. The van der Waals surface area contributed by atoms with E-state index in [2.05, 4.69) is 22.9 Å². The third kappa shape index (κ3) is 3.33. The van der Waals surface area contributed by atoms with Crippen LogP contribution < -0.4 is 4.74 Å². The summed E-state index contributed by atoms with van der Waals surface area (Å²) >= 11 is 3.34. The third-order valence-corrected chi connectivity index (χ3v) is 3.69. The van der Waals surface area contributed by atoms with Crippen molar-refractivity contribution in [1.82, 2.24) is 4.57 Å². The number of methoxy groups -OCH3 is 1. The molecule has 0 saturated carbocycles. The van der Waals surface area contributed by atoms with Crippen LogP contribution in [0.3, 0.4) is 0 Å². The smallest absolute Gasteiger partial charge is 0.321 e. The van der Waals surface area contributed by atoms with Gasteiger partial charge in [-0.2, -0.15) is 0 Å². The van der Waals surface area contributed by atoms with Crippen LogP contribution in [0.4, 0.5) is 0 Å². The number of carbonyl (C=O) groups excluding carboxylic acids is 1. The van der Waals surface area contributed by atoms with E-state index in [1.165, 1.54) is 7.11 Å². The number of rotatable bonds is 6. The summed E-state index contributed by atoms with van der Waals surface area (Å²) in [6.45, 7) is 3.33. The van der Waals surface area contributed by atoms with Crippen LogP contribution in [0.2, 0.25) is 0 Å². The first kappa shape index (κ1) is 14.9. The summed E-state index contributed by atoms with van der Waals surface area (Å²) in [7, 11) is 1.39. The summed E-state index contributed by atoms with van der Waals surface area (Å²) in [5.74, 6) is 0.607. The Morgan fingerprint density at radius 1 is 1.40 bits per heavy atom. The molecule has 0 bridgehead atoms. The van der Waals surface area contributed by atoms with E-state index in [1.54, 1.807) is 0 Å². The van der Waals surface area contributed by atoms with Gasteiger partial charge in [0.25, 0.3) is 0 Å². The number of ether oxygens (including phenoxy) is 2. The van der Waals surface area contributed by atoms with E-state index < -0.39 is 0 Å². The molecule has 1 aromatic carbocycles. The average Bonchev–Trinajstić information content (AvgIpc) is 2.86. The largest absolute Gasteiger partial charge is 0.494 e. The summed E-state index contributed by atoms with van der Waals surface area (Å²) in [5.41, 5.74) is 1.07. The number of hydrogen-bond acceptors (Lipinski definition) is 3. The van der Waals surface area contributed by atoms with Crippen LogP contribution in [0.25, 0.3) is 10.9 Å². The lowest BCUT2D eigenvalue weighted by atomic mass is 10.2. The third-order valence-electron chi connectivity index (χ3n) is 3.03. The molecule has 0 fully saturated rings. The molecule has 2 aromatic rings. The number of aromatic nitrogens is 1. The van der Waals surface area contributed by atoms with Crippen LogP contribution in [-0.4, -0.2) is 29.1 Å². The van der Waals surface area contributed by atoms with Crippen molar-refractivity contribution >= 4 is 32.8 Å². The Balaban J connectivity index is 2.18. The average molecular weight is 340 g/mol. The van der Waals surface area contributed by atoms with Crippen molar-refractivity contribution in [3.05, 3.63) is 30.5 Å². The molecule has 0 spiro atoms. The van der Waals surface area contributed by atoms with Gasteiger partial charge in [-0.25, -0.2) is 0 Å². The van der Waals surface area contributed by atoms with Crippen molar-refractivity contribution < 1.29 is 14.3 Å². The molecule has 20 heavy (non-hydrogen) atoms. The monoisotopic (exact) mass is 339 g/mol. The highest BCUT2D eigenvalue weighted by Crippen LogP contribution is 2.23. The predicted molar refractivity (Wildman–Crippen MR) is 82.5 cm³/mol. The molecule has 0 saturated heterocycles. The Hall–Kier alpha value is -1.49. The Labute approximate surface area is 126 Å². The summed E-state index contributed by atoms with van der Waals surface area (Å²) in [5, 5.41) is 1.10. The molecule has 2 rings (SSSR count). The van der Waals surface area contributed by atoms with Gasteiger partial charge in [-0.3, -0.25) is 4.79 Å². The van der Waals surface area contributed by atoms with Crippen molar-refractivity contribution in [3.63, 3.8) is 0 Å². The van der Waals surface area contributed by atoms with Crippen molar-refractivity contribution in [2.24, 2.45) is 0 Å². The van der Waals surface area contributed by atoms with Gasteiger partial charge in [-0.15, -0.1) is 0 Å². The Morgan fingerprint density at radius 2 is 2.20 bits per heavy atom. The first-order chi connectivity index (χ1) is 9.65. The van der Waals surface area contributed by atoms with Gasteiger partial charge in [-0.05, 0) is 30.7 Å². The molecular weight excluding hydrogens is 322 g/mol. The number of carbonyl (C=O) groups is 1. The Kier molecular flexibility index (Phi) is 5.06. The van der Waals surface area contributed by atoms with Crippen LogP contribution in [-0.2, 0) is 16.1 Å². The minimum absolute atomic E-state index is 0.269. The lowest BCUT2D eigenvalue weighted by Crippen LogP contribution is -2.21. The highest BCUT2D eigenvalue weighted by molar-refractivity contribution is 9.10. The molecule has 108 valence electrons. The molecule has 5 heteroatoms. The van der Waals surface area contributed by atoms with Crippen LogP contribution in [0.5, 0.6) is 5.75 Å². The maximum absolute atomic E-state index is 11.4. The molecule has 1 atom stereocenters. The molecule has 0 aliphatic rings. The topological polar surface area (TPSA) is 40.5 Å². The second kappa shape index (κ2) is 6.79. The fourth-order valence-corrected chi connectivity index (χ4v) is 2.52. The van der Waals surface area contributed by atoms with E-state index in [-0.39, 0.29) is 10.8 Å². The fraction of sp³-hybridized carbons (Fsp3) is 0.400. The van der Waals surface area contributed by atoms with E-state index in [0.29, 0.717) is 6.54 Å². The quantitative estimate of drug-likeness (QED) is 0.598. The van der Waals surface area contributed by atoms with Gasteiger partial charge in [0.05, 0.1) is 13.7 Å². The van der Waals surface area contributed by atoms with Crippen LogP contribution in [0, 0.1) is 0 Å². The minimum atomic E-state index is -0.348. The standard InChI is InChI=1S/C15H18BrNO3/c1-3-8-20-12-4-5-14-11(9-12)6-7-17(14)10-13(16)15(18)19-2/h4-7,9,13H,3,8,10H2,1-2H3. The number of hydrogen-bond donors (Lipinski definition) is 0. The number of benzene rings is 1. The first-order valence-corrected chi connectivity index (χ1v) is 7.51. The first-order valence-electron chi connectivity index (χ1n) is 6.59. The second-order valence-electron chi connectivity index (χ2n) is 4.53. The highest BCUT2D eigenvalue weighted by atomic mass is 79.9. The summed E-state index contributed by atoms with van der Waals surface area (Å²) in [6, 6.07) is 8.00. The zero-order chi connectivity index (χ0) is 14.5. The predicted octanol–water partition coefficient (Wildman–Crippen LogP) is 3.37. The summed E-state index contributed by atoms with van der Waals surface area (Å²) in [4.78, 5) is 11.1. The molecule has 0 aliphatic heterocycles. The maximum atomic E-state index is 11.4. The zero-order valence-electron chi connectivity index (χ0n) is 11.6.